The molecular weight excluding hydrogens is 222 g/mol. The monoisotopic (exact) mass is 249 g/mol. The molecule has 18 heavy (non-hydrogen) atoms. The summed E-state index contributed by atoms with van der Waals surface area (Å²) in [6, 6.07) is 4.70. The van der Waals surface area contributed by atoms with Gasteiger partial charge in [0.25, 0.3) is 0 Å². The van der Waals surface area contributed by atoms with Gasteiger partial charge in [0, 0.05) is 12.2 Å². The fourth-order valence-electron chi connectivity index (χ4n) is 2.25. The van der Waals surface area contributed by atoms with Crippen molar-refractivity contribution in [2.45, 2.75) is 58.4 Å². The highest BCUT2D eigenvalue weighted by atomic mass is 14.9. The third-order valence-corrected chi connectivity index (χ3v) is 3.24. The molecule has 1 rings (SSSR count). The van der Waals surface area contributed by atoms with E-state index in [1.54, 1.807) is 6.20 Å². The van der Waals surface area contributed by atoms with Crippen LogP contribution in [0.5, 0.6) is 0 Å². The highest BCUT2D eigenvalue weighted by Gasteiger charge is 2.07. The second kappa shape index (κ2) is 8.92. The van der Waals surface area contributed by atoms with Gasteiger partial charge in [-0.05, 0) is 50.3 Å². The first-order chi connectivity index (χ1) is 8.77. The normalized spacial score (nSPS) is 12.6. The Hall–Kier alpha value is -1.09. The van der Waals surface area contributed by atoms with E-state index >= 15 is 0 Å². The molecule has 102 valence electrons. The Kier molecular flexibility index (Phi) is 7.42. The third-order valence-electron chi connectivity index (χ3n) is 3.24. The Morgan fingerprint density at radius 2 is 2.11 bits per heavy atom. The Labute approximate surface area is 111 Å². The van der Waals surface area contributed by atoms with Crippen LogP contribution in [0.4, 0.5) is 5.82 Å². The molecule has 0 bridgehead atoms. The molecule has 1 atom stereocenters. The summed E-state index contributed by atoms with van der Waals surface area (Å²) in [7, 11) is 0. The molecule has 0 amide bonds. The maximum Gasteiger partial charge on any atom is 0.126 e. The van der Waals surface area contributed by atoms with Crippen LogP contribution in [0, 0.1) is 0 Å². The van der Waals surface area contributed by atoms with Crippen LogP contribution in [0.2, 0.25) is 0 Å². The maximum absolute atomic E-state index is 5.85. The molecule has 0 fully saturated rings. The Morgan fingerprint density at radius 1 is 1.28 bits per heavy atom. The largest absolute Gasteiger partial charge is 0.383 e. The van der Waals surface area contributed by atoms with Gasteiger partial charge in [-0.2, -0.15) is 0 Å². The SMILES string of the molecule is CCCNC(CCC)CCCc1cccnc1N. The number of pyridine rings is 1. The first-order valence-electron chi connectivity index (χ1n) is 7.20. The second-order valence-electron chi connectivity index (χ2n) is 4.88. The molecule has 1 unspecified atom stereocenters. The van der Waals surface area contributed by atoms with Crippen LogP contribution in [0.1, 0.15) is 51.5 Å². The molecular formula is C15H27N3. The van der Waals surface area contributed by atoms with Crippen molar-refractivity contribution >= 4 is 5.82 Å². The predicted octanol–water partition coefficient (Wildman–Crippen LogP) is 3.15. The van der Waals surface area contributed by atoms with E-state index in [1.165, 1.54) is 37.7 Å². The summed E-state index contributed by atoms with van der Waals surface area (Å²) in [5.74, 6) is 0.686. The molecule has 3 N–H and O–H groups in total. The van der Waals surface area contributed by atoms with Gasteiger partial charge in [-0.25, -0.2) is 4.98 Å². The summed E-state index contributed by atoms with van der Waals surface area (Å²) in [6.07, 6.45) is 8.91. The zero-order chi connectivity index (χ0) is 13.2. The number of nitrogen functional groups attached to an aromatic ring is 1. The molecule has 0 saturated carbocycles. The molecule has 1 heterocycles. The number of nitrogens with zero attached hydrogens (tertiary/aromatic N) is 1. The van der Waals surface area contributed by atoms with Crippen LogP contribution in [0.25, 0.3) is 0 Å². The van der Waals surface area contributed by atoms with Crippen molar-refractivity contribution in [3.63, 3.8) is 0 Å². The van der Waals surface area contributed by atoms with E-state index in [2.05, 4.69) is 30.2 Å². The van der Waals surface area contributed by atoms with Gasteiger partial charge in [0.2, 0.25) is 0 Å². The maximum atomic E-state index is 5.85. The lowest BCUT2D eigenvalue weighted by Crippen LogP contribution is -2.29. The molecule has 1 aromatic rings. The third kappa shape index (κ3) is 5.50. The van der Waals surface area contributed by atoms with E-state index in [1.807, 2.05) is 6.07 Å². The number of nitrogens with two attached hydrogens (primary N) is 1. The zero-order valence-electron chi connectivity index (χ0n) is 11.8. The summed E-state index contributed by atoms with van der Waals surface area (Å²) in [4.78, 5) is 4.12. The molecule has 0 radical (unpaired) electrons. The number of aryl methyl sites for hydroxylation is 1. The molecule has 0 spiro atoms. The highest BCUT2D eigenvalue weighted by molar-refractivity contribution is 5.38. The van der Waals surface area contributed by atoms with Gasteiger partial charge in [0.15, 0.2) is 0 Å². The van der Waals surface area contributed by atoms with E-state index in [-0.39, 0.29) is 0 Å². The predicted molar refractivity (Wildman–Crippen MR) is 78.6 cm³/mol. The van der Waals surface area contributed by atoms with E-state index in [9.17, 15) is 0 Å². The first-order valence-corrected chi connectivity index (χ1v) is 7.20. The zero-order valence-corrected chi connectivity index (χ0v) is 11.8. The minimum absolute atomic E-state index is 0.660. The van der Waals surface area contributed by atoms with E-state index < -0.39 is 0 Å². The smallest absolute Gasteiger partial charge is 0.126 e. The van der Waals surface area contributed by atoms with Crippen molar-refractivity contribution < 1.29 is 0 Å². The molecule has 0 aliphatic rings. The molecule has 0 aromatic carbocycles. The minimum Gasteiger partial charge on any atom is -0.383 e. The number of hydrogen-bond acceptors (Lipinski definition) is 3. The van der Waals surface area contributed by atoms with Crippen LogP contribution < -0.4 is 11.1 Å². The quantitative estimate of drug-likeness (QED) is 0.707. The topological polar surface area (TPSA) is 50.9 Å². The molecule has 3 heteroatoms. The van der Waals surface area contributed by atoms with Gasteiger partial charge in [-0.15, -0.1) is 0 Å². The van der Waals surface area contributed by atoms with E-state index in [0.29, 0.717) is 11.9 Å². The van der Waals surface area contributed by atoms with Crippen LogP contribution in [-0.2, 0) is 6.42 Å². The number of rotatable bonds is 9. The lowest BCUT2D eigenvalue weighted by Gasteiger charge is -2.17. The average molecular weight is 249 g/mol. The summed E-state index contributed by atoms with van der Waals surface area (Å²) < 4.78 is 0. The summed E-state index contributed by atoms with van der Waals surface area (Å²) >= 11 is 0. The van der Waals surface area contributed by atoms with Gasteiger partial charge in [-0.3, -0.25) is 0 Å². The van der Waals surface area contributed by atoms with Gasteiger partial charge in [0.1, 0.15) is 5.82 Å². The summed E-state index contributed by atoms with van der Waals surface area (Å²) in [5.41, 5.74) is 7.03. The number of aromatic nitrogens is 1. The lowest BCUT2D eigenvalue weighted by atomic mass is 10.0. The van der Waals surface area contributed by atoms with Crippen molar-refractivity contribution in [2.24, 2.45) is 0 Å². The van der Waals surface area contributed by atoms with Crippen LogP contribution >= 0.6 is 0 Å². The standard InChI is InChI=1S/C15H27N3/c1-3-7-14(17-11-4-2)10-5-8-13-9-6-12-18-15(13)16/h6,9,12,14,17H,3-5,7-8,10-11H2,1-2H3,(H2,16,18). The van der Waals surface area contributed by atoms with Gasteiger partial charge in [0.05, 0.1) is 0 Å². The van der Waals surface area contributed by atoms with Crippen molar-refractivity contribution in [3.05, 3.63) is 23.9 Å². The van der Waals surface area contributed by atoms with Crippen molar-refractivity contribution in [1.29, 1.82) is 0 Å². The van der Waals surface area contributed by atoms with Gasteiger partial charge < -0.3 is 11.1 Å². The number of nitrogens with one attached hydrogen (secondary N) is 1. The Balaban J connectivity index is 2.31. The summed E-state index contributed by atoms with van der Waals surface area (Å²) in [6.45, 7) is 5.59. The number of hydrogen-bond donors (Lipinski definition) is 2. The Bertz CT molecular complexity index is 325. The van der Waals surface area contributed by atoms with E-state index in [4.69, 9.17) is 5.73 Å². The van der Waals surface area contributed by atoms with Crippen molar-refractivity contribution in [2.75, 3.05) is 12.3 Å². The Morgan fingerprint density at radius 3 is 2.78 bits per heavy atom. The van der Waals surface area contributed by atoms with Crippen LogP contribution in [0.15, 0.2) is 18.3 Å². The minimum atomic E-state index is 0.660. The fraction of sp³-hybridized carbons (Fsp3) is 0.667. The molecule has 1 aromatic heterocycles. The molecule has 0 aliphatic heterocycles. The van der Waals surface area contributed by atoms with Crippen molar-refractivity contribution in [1.82, 2.24) is 10.3 Å². The van der Waals surface area contributed by atoms with Crippen LogP contribution in [-0.4, -0.2) is 17.6 Å². The highest BCUT2D eigenvalue weighted by Crippen LogP contribution is 2.13. The van der Waals surface area contributed by atoms with Gasteiger partial charge in [-0.1, -0.05) is 26.3 Å². The van der Waals surface area contributed by atoms with Crippen LogP contribution in [0.3, 0.4) is 0 Å². The second-order valence-corrected chi connectivity index (χ2v) is 4.88. The summed E-state index contributed by atoms with van der Waals surface area (Å²) in [5, 5.41) is 3.62. The average Bonchev–Trinajstić information content (AvgIpc) is 2.38. The molecule has 0 saturated heterocycles. The molecule has 0 aliphatic carbocycles. The number of anilines is 1. The van der Waals surface area contributed by atoms with Gasteiger partial charge >= 0.3 is 0 Å². The first kappa shape index (κ1) is 15.0. The lowest BCUT2D eigenvalue weighted by molar-refractivity contribution is 0.438. The van der Waals surface area contributed by atoms with E-state index in [0.717, 1.165) is 13.0 Å². The fourth-order valence-corrected chi connectivity index (χ4v) is 2.25. The molecule has 3 nitrogen and oxygen atoms in total. The van der Waals surface area contributed by atoms with Crippen molar-refractivity contribution in [3.8, 4) is 0 Å².